The van der Waals surface area contributed by atoms with Gasteiger partial charge in [0.2, 0.25) is 0 Å². The van der Waals surface area contributed by atoms with Crippen LogP contribution >= 0.6 is 0 Å². The van der Waals surface area contributed by atoms with Crippen molar-refractivity contribution >= 4 is 0 Å². The van der Waals surface area contributed by atoms with Crippen molar-refractivity contribution in [2.45, 2.75) is 44.6 Å². The molecule has 0 atom stereocenters. The molecule has 1 heteroatoms. The first-order valence-corrected chi connectivity index (χ1v) is 5.58. The van der Waals surface area contributed by atoms with Gasteiger partial charge in [0.15, 0.2) is 0 Å². The Morgan fingerprint density at radius 1 is 1.00 bits per heavy atom. The van der Waals surface area contributed by atoms with Crippen molar-refractivity contribution in [1.29, 1.82) is 0 Å². The van der Waals surface area contributed by atoms with Crippen LogP contribution < -0.4 is 4.74 Å². The number of rotatable bonds is 2. The van der Waals surface area contributed by atoms with Crippen molar-refractivity contribution in [3.8, 4) is 5.75 Å². The zero-order valence-electron chi connectivity index (χ0n) is 8.54. The van der Waals surface area contributed by atoms with Crippen molar-refractivity contribution in [3.05, 3.63) is 30.3 Å². The number of hydrogen-bond acceptors (Lipinski definition) is 1. The van der Waals surface area contributed by atoms with E-state index in [1.165, 1.54) is 38.5 Å². The summed E-state index contributed by atoms with van der Waals surface area (Å²) in [5, 5.41) is 0. The Bertz CT molecular complexity index is 247. The summed E-state index contributed by atoms with van der Waals surface area (Å²) in [6.07, 6.45) is 8.29. The highest BCUT2D eigenvalue weighted by molar-refractivity contribution is 5.20. The first-order chi connectivity index (χ1) is 6.95. The van der Waals surface area contributed by atoms with Crippen molar-refractivity contribution < 1.29 is 4.74 Å². The molecule has 1 nitrogen and oxygen atoms in total. The molecule has 14 heavy (non-hydrogen) atoms. The summed E-state index contributed by atoms with van der Waals surface area (Å²) >= 11 is 0. The van der Waals surface area contributed by atoms with Crippen molar-refractivity contribution in [1.82, 2.24) is 0 Å². The Balaban J connectivity index is 1.90. The number of benzene rings is 1. The second-order valence-electron chi connectivity index (χ2n) is 3.97. The van der Waals surface area contributed by atoms with Gasteiger partial charge in [-0.25, -0.2) is 0 Å². The van der Waals surface area contributed by atoms with E-state index in [0.717, 1.165) is 5.75 Å². The lowest BCUT2D eigenvalue weighted by molar-refractivity contribution is 0.184. The molecule has 0 amide bonds. The van der Waals surface area contributed by atoms with Crippen LogP contribution in [-0.4, -0.2) is 6.10 Å². The van der Waals surface area contributed by atoms with E-state index in [0.29, 0.717) is 6.10 Å². The van der Waals surface area contributed by atoms with E-state index < -0.39 is 0 Å². The fourth-order valence-corrected chi connectivity index (χ4v) is 2.00. The molecule has 1 aliphatic carbocycles. The maximum absolute atomic E-state index is 5.92. The molecule has 1 aliphatic rings. The van der Waals surface area contributed by atoms with Crippen LogP contribution in [0.15, 0.2) is 24.3 Å². The highest BCUT2D eigenvalue weighted by Gasteiger charge is 2.12. The molecule has 0 aromatic heterocycles. The van der Waals surface area contributed by atoms with Gasteiger partial charge in [-0.05, 0) is 43.9 Å². The third kappa shape index (κ3) is 2.76. The lowest BCUT2D eigenvalue weighted by Crippen LogP contribution is -2.14. The van der Waals surface area contributed by atoms with Crippen LogP contribution in [-0.2, 0) is 0 Å². The third-order valence-electron chi connectivity index (χ3n) is 2.79. The smallest absolute Gasteiger partial charge is 0.119 e. The molecule has 2 rings (SSSR count). The monoisotopic (exact) mass is 189 g/mol. The van der Waals surface area contributed by atoms with Gasteiger partial charge < -0.3 is 4.74 Å². The van der Waals surface area contributed by atoms with Gasteiger partial charge in [-0.2, -0.15) is 0 Å². The van der Waals surface area contributed by atoms with E-state index in [2.05, 4.69) is 6.07 Å². The molecule has 1 fully saturated rings. The van der Waals surface area contributed by atoms with Gasteiger partial charge in [0.1, 0.15) is 5.75 Å². The van der Waals surface area contributed by atoms with Crippen LogP contribution in [0.3, 0.4) is 0 Å². The SMILES string of the molecule is [c]1ccc(OC2CCCCCC2)cc1. The summed E-state index contributed by atoms with van der Waals surface area (Å²) in [4.78, 5) is 0. The van der Waals surface area contributed by atoms with Crippen molar-refractivity contribution in [2.75, 3.05) is 0 Å². The molecule has 0 N–H and O–H groups in total. The van der Waals surface area contributed by atoms with Gasteiger partial charge in [0, 0.05) is 0 Å². The highest BCUT2D eigenvalue weighted by Crippen LogP contribution is 2.22. The first kappa shape index (κ1) is 9.57. The fourth-order valence-electron chi connectivity index (χ4n) is 2.00. The Kier molecular flexibility index (Phi) is 3.44. The standard InChI is InChI=1S/C13H17O/c1-2-5-9-12(8-4-1)14-13-10-6-3-7-11-13/h6-7,10-12H,1-2,4-5,8-9H2. The molecule has 0 heterocycles. The molecule has 1 aromatic carbocycles. The van der Waals surface area contributed by atoms with Crippen LogP contribution in [0, 0.1) is 6.07 Å². The second-order valence-corrected chi connectivity index (χ2v) is 3.97. The average Bonchev–Trinajstić information content (AvgIpc) is 2.48. The zero-order valence-corrected chi connectivity index (χ0v) is 8.54. The Labute approximate surface area is 86.1 Å². The summed E-state index contributed by atoms with van der Waals surface area (Å²) in [6.45, 7) is 0. The Morgan fingerprint density at radius 2 is 1.64 bits per heavy atom. The Hall–Kier alpha value is -0.980. The molecule has 0 aliphatic heterocycles. The first-order valence-electron chi connectivity index (χ1n) is 5.58. The van der Waals surface area contributed by atoms with Crippen LogP contribution in [0.5, 0.6) is 5.75 Å². The molecular weight excluding hydrogens is 172 g/mol. The maximum atomic E-state index is 5.92. The Morgan fingerprint density at radius 3 is 2.29 bits per heavy atom. The van der Waals surface area contributed by atoms with Crippen molar-refractivity contribution in [3.63, 3.8) is 0 Å². The lowest BCUT2D eigenvalue weighted by atomic mass is 10.1. The van der Waals surface area contributed by atoms with E-state index in [-0.39, 0.29) is 0 Å². The second kappa shape index (κ2) is 5.04. The van der Waals surface area contributed by atoms with E-state index in [9.17, 15) is 0 Å². The topological polar surface area (TPSA) is 9.23 Å². The molecule has 1 aromatic rings. The van der Waals surface area contributed by atoms with Gasteiger partial charge in [0.05, 0.1) is 6.10 Å². The zero-order chi connectivity index (χ0) is 9.64. The largest absolute Gasteiger partial charge is 0.490 e. The lowest BCUT2D eigenvalue weighted by Gasteiger charge is -2.16. The minimum atomic E-state index is 0.444. The number of hydrogen-bond donors (Lipinski definition) is 0. The normalized spacial score (nSPS) is 18.9. The molecule has 0 spiro atoms. The summed E-state index contributed by atoms with van der Waals surface area (Å²) in [5.74, 6) is 0.996. The van der Waals surface area contributed by atoms with Crippen LogP contribution in [0.4, 0.5) is 0 Å². The van der Waals surface area contributed by atoms with Gasteiger partial charge >= 0.3 is 0 Å². The average molecular weight is 189 g/mol. The van der Waals surface area contributed by atoms with Gasteiger partial charge in [-0.3, -0.25) is 0 Å². The van der Waals surface area contributed by atoms with E-state index in [4.69, 9.17) is 4.74 Å². The predicted molar refractivity (Wildman–Crippen MR) is 57.4 cm³/mol. The highest BCUT2D eigenvalue weighted by atomic mass is 16.5. The van der Waals surface area contributed by atoms with E-state index >= 15 is 0 Å². The quantitative estimate of drug-likeness (QED) is 0.646. The molecule has 1 saturated carbocycles. The van der Waals surface area contributed by atoms with Crippen LogP contribution in [0.2, 0.25) is 0 Å². The third-order valence-corrected chi connectivity index (χ3v) is 2.79. The summed E-state index contributed by atoms with van der Waals surface area (Å²) in [5.41, 5.74) is 0. The maximum Gasteiger partial charge on any atom is 0.119 e. The van der Waals surface area contributed by atoms with E-state index in [1.54, 1.807) is 0 Å². The summed E-state index contributed by atoms with van der Waals surface area (Å²) < 4.78 is 5.92. The fraction of sp³-hybridized carbons (Fsp3) is 0.538. The van der Waals surface area contributed by atoms with E-state index in [1.807, 2.05) is 24.3 Å². The van der Waals surface area contributed by atoms with Crippen LogP contribution in [0.1, 0.15) is 38.5 Å². The summed E-state index contributed by atoms with van der Waals surface area (Å²) in [7, 11) is 0. The van der Waals surface area contributed by atoms with Gasteiger partial charge in [-0.15, -0.1) is 0 Å². The molecular formula is C13H17O. The minimum Gasteiger partial charge on any atom is -0.490 e. The predicted octanol–water partition coefficient (Wildman–Crippen LogP) is 3.59. The molecule has 0 bridgehead atoms. The molecule has 75 valence electrons. The van der Waals surface area contributed by atoms with Crippen LogP contribution in [0.25, 0.3) is 0 Å². The van der Waals surface area contributed by atoms with Gasteiger partial charge in [-0.1, -0.05) is 25.0 Å². The molecule has 0 saturated heterocycles. The molecule has 0 unspecified atom stereocenters. The summed E-state index contributed by atoms with van der Waals surface area (Å²) in [6, 6.07) is 10.8. The molecule has 1 radical (unpaired) electrons. The minimum absolute atomic E-state index is 0.444. The van der Waals surface area contributed by atoms with Gasteiger partial charge in [0.25, 0.3) is 0 Å². The van der Waals surface area contributed by atoms with Crippen molar-refractivity contribution in [2.24, 2.45) is 0 Å². The number of ether oxygens (including phenoxy) is 1.